The second-order valence-corrected chi connectivity index (χ2v) is 4.57. The lowest BCUT2D eigenvalue weighted by Gasteiger charge is -2.09. The molecule has 0 aliphatic carbocycles. The number of alkyl halides is 3. The molecule has 2 aromatic carbocycles. The summed E-state index contributed by atoms with van der Waals surface area (Å²) in [6, 6.07) is 12.6. The number of nitrogens with zero attached hydrogens (tertiary/aromatic N) is 1. The Balaban J connectivity index is 2.45. The molecule has 0 fully saturated rings. The first-order valence-electron chi connectivity index (χ1n) is 5.89. The van der Waals surface area contributed by atoms with E-state index in [4.69, 9.17) is 11.6 Å². The van der Waals surface area contributed by atoms with Gasteiger partial charge in [0.1, 0.15) is 0 Å². The summed E-state index contributed by atoms with van der Waals surface area (Å²) in [6.07, 6.45) is -4.84. The average Bonchev–Trinajstić information content (AvgIpc) is 2.45. The second-order valence-electron chi connectivity index (χ2n) is 4.13. The van der Waals surface area contributed by atoms with E-state index in [-0.39, 0.29) is 11.3 Å². The van der Waals surface area contributed by atoms with Crippen molar-refractivity contribution in [2.24, 2.45) is 4.99 Å². The van der Waals surface area contributed by atoms with Gasteiger partial charge in [-0.3, -0.25) is 4.79 Å². The van der Waals surface area contributed by atoms with Gasteiger partial charge in [-0.1, -0.05) is 41.9 Å². The summed E-state index contributed by atoms with van der Waals surface area (Å²) in [4.78, 5) is 15.4. The summed E-state index contributed by atoms with van der Waals surface area (Å²) < 4.78 is 39.1. The van der Waals surface area contributed by atoms with Crippen LogP contribution in [0, 0.1) is 0 Å². The maximum Gasteiger partial charge on any atom is 0.437 e. The highest BCUT2D eigenvalue weighted by atomic mass is 35.5. The van der Waals surface area contributed by atoms with Gasteiger partial charge in [-0.05, 0) is 24.3 Å². The van der Waals surface area contributed by atoms with Gasteiger partial charge in [0.15, 0.2) is 5.71 Å². The molecule has 0 N–H and O–H groups in total. The van der Waals surface area contributed by atoms with Crippen molar-refractivity contribution in [1.82, 2.24) is 0 Å². The van der Waals surface area contributed by atoms with E-state index in [9.17, 15) is 18.0 Å². The van der Waals surface area contributed by atoms with Crippen LogP contribution in [0.4, 0.5) is 18.9 Å². The fourth-order valence-corrected chi connectivity index (χ4v) is 1.74. The van der Waals surface area contributed by atoms with Gasteiger partial charge in [0, 0.05) is 10.6 Å². The molecule has 2 nitrogen and oxygen atoms in total. The number of carbonyl (C=O) groups is 1. The van der Waals surface area contributed by atoms with Crippen LogP contribution in [0.2, 0.25) is 5.02 Å². The topological polar surface area (TPSA) is 29.4 Å². The van der Waals surface area contributed by atoms with Gasteiger partial charge in [0.2, 0.25) is 5.78 Å². The third-order valence-corrected chi connectivity index (χ3v) is 2.84. The van der Waals surface area contributed by atoms with Crippen molar-refractivity contribution in [3.8, 4) is 0 Å². The number of hydrogen-bond donors (Lipinski definition) is 0. The molecule has 6 heteroatoms. The molecule has 2 rings (SSSR count). The number of halogens is 4. The smallest absolute Gasteiger partial charge is 0.287 e. The van der Waals surface area contributed by atoms with Gasteiger partial charge < -0.3 is 0 Å². The molecule has 108 valence electrons. The Bertz CT molecular complexity index is 664. The Kier molecular flexibility index (Phi) is 4.43. The molecule has 0 unspecified atom stereocenters. The summed E-state index contributed by atoms with van der Waals surface area (Å²) in [5.74, 6) is -1.17. The number of ketones is 1. The maximum absolute atomic E-state index is 13.0. The number of carbonyl (C=O) groups excluding carboxylic acids is 1. The van der Waals surface area contributed by atoms with Gasteiger partial charge in [0.05, 0.1) is 5.69 Å². The molecular weight excluding hydrogens is 303 g/mol. The zero-order chi connectivity index (χ0) is 15.5. The van der Waals surface area contributed by atoms with Gasteiger partial charge in [0.25, 0.3) is 0 Å². The quantitative estimate of drug-likeness (QED) is 0.588. The number of Topliss-reactive ketones (excluding diaryl/α,β-unsaturated/α-hetero) is 1. The molecule has 0 spiro atoms. The third kappa shape index (κ3) is 3.92. The summed E-state index contributed by atoms with van der Waals surface area (Å²) in [5, 5.41) is 0.372. The van der Waals surface area contributed by atoms with Gasteiger partial charge in [-0.15, -0.1) is 0 Å². The van der Waals surface area contributed by atoms with E-state index in [0.717, 1.165) is 0 Å². The van der Waals surface area contributed by atoms with Crippen LogP contribution in [-0.4, -0.2) is 17.7 Å². The highest BCUT2D eigenvalue weighted by Gasteiger charge is 2.41. The molecule has 0 saturated heterocycles. The van der Waals surface area contributed by atoms with Crippen LogP contribution in [0.5, 0.6) is 0 Å². The molecular formula is C15H9ClF3NO. The fraction of sp³-hybridized carbons (Fsp3) is 0.0667. The van der Waals surface area contributed by atoms with E-state index < -0.39 is 17.7 Å². The SMILES string of the molecule is O=C(C(=Nc1ccc(Cl)cc1)C(F)(F)F)c1ccccc1. The number of benzene rings is 2. The molecule has 0 saturated carbocycles. The summed E-state index contributed by atoms with van der Waals surface area (Å²) in [7, 11) is 0. The second kappa shape index (κ2) is 6.10. The van der Waals surface area contributed by atoms with Gasteiger partial charge in [-0.2, -0.15) is 13.2 Å². The fourth-order valence-electron chi connectivity index (χ4n) is 1.61. The molecule has 21 heavy (non-hydrogen) atoms. The molecule has 0 heterocycles. The molecule has 0 atom stereocenters. The zero-order valence-corrected chi connectivity index (χ0v) is 11.3. The van der Waals surface area contributed by atoms with Crippen LogP contribution in [0.15, 0.2) is 59.6 Å². The van der Waals surface area contributed by atoms with Crippen molar-refractivity contribution in [2.45, 2.75) is 6.18 Å². The van der Waals surface area contributed by atoms with E-state index in [1.165, 1.54) is 48.5 Å². The van der Waals surface area contributed by atoms with Crippen LogP contribution in [0.3, 0.4) is 0 Å². The van der Waals surface area contributed by atoms with Crippen molar-refractivity contribution in [3.63, 3.8) is 0 Å². The Morgan fingerprint density at radius 3 is 2.05 bits per heavy atom. The lowest BCUT2D eigenvalue weighted by Crippen LogP contribution is -2.31. The first-order chi connectivity index (χ1) is 9.88. The highest BCUT2D eigenvalue weighted by Crippen LogP contribution is 2.25. The molecule has 0 bridgehead atoms. The largest absolute Gasteiger partial charge is 0.437 e. The lowest BCUT2D eigenvalue weighted by atomic mass is 10.1. The monoisotopic (exact) mass is 311 g/mol. The van der Waals surface area contributed by atoms with Crippen LogP contribution < -0.4 is 0 Å². The Morgan fingerprint density at radius 1 is 0.952 bits per heavy atom. The zero-order valence-electron chi connectivity index (χ0n) is 10.6. The molecule has 0 amide bonds. The molecule has 2 aromatic rings. The van der Waals surface area contributed by atoms with E-state index in [0.29, 0.717) is 5.02 Å². The molecule has 0 aliphatic heterocycles. The van der Waals surface area contributed by atoms with Crippen molar-refractivity contribution in [3.05, 3.63) is 65.2 Å². The Labute approximate surface area is 123 Å². The van der Waals surface area contributed by atoms with Crippen LogP contribution in [-0.2, 0) is 0 Å². The van der Waals surface area contributed by atoms with Gasteiger partial charge >= 0.3 is 6.18 Å². The van der Waals surface area contributed by atoms with Crippen LogP contribution in [0.25, 0.3) is 0 Å². The number of aliphatic imine (C=N–C) groups is 1. The highest BCUT2D eigenvalue weighted by molar-refractivity contribution is 6.48. The molecule has 0 radical (unpaired) electrons. The standard InChI is InChI=1S/C15H9ClF3NO/c16-11-6-8-12(9-7-11)20-14(15(17,18)19)13(21)10-4-2-1-3-5-10/h1-9H. The van der Waals surface area contributed by atoms with Gasteiger partial charge in [-0.25, -0.2) is 4.99 Å². The predicted molar refractivity (Wildman–Crippen MR) is 75.4 cm³/mol. The minimum absolute atomic E-state index is 0.0102. The molecule has 0 aromatic heterocycles. The first kappa shape index (κ1) is 15.3. The lowest BCUT2D eigenvalue weighted by molar-refractivity contribution is -0.0581. The summed E-state index contributed by atoms with van der Waals surface area (Å²) in [6.45, 7) is 0. The average molecular weight is 312 g/mol. The van der Waals surface area contributed by atoms with E-state index in [2.05, 4.69) is 4.99 Å². The normalized spacial score (nSPS) is 12.3. The van der Waals surface area contributed by atoms with Crippen LogP contribution in [0.1, 0.15) is 10.4 Å². The predicted octanol–water partition coefficient (Wildman–Crippen LogP) is 4.86. The van der Waals surface area contributed by atoms with Crippen molar-refractivity contribution in [2.75, 3.05) is 0 Å². The summed E-state index contributed by atoms with van der Waals surface area (Å²) in [5.41, 5.74) is -1.52. The third-order valence-electron chi connectivity index (χ3n) is 2.59. The summed E-state index contributed by atoms with van der Waals surface area (Å²) >= 11 is 5.66. The van der Waals surface area contributed by atoms with Crippen molar-refractivity contribution >= 4 is 28.8 Å². The van der Waals surface area contributed by atoms with E-state index >= 15 is 0 Å². The minimum atomic E-state index is -4.84. The van der Waals surface area contributed by atoms with E-state index in [1.54, 1.807) is 6.07 Å². The molecule has 0 aliphatic rings. The van der Waals surface area contributed by atoms with Crippen LogP contribution >= 0.6 is 11.6 Å². The first-order valence-corrected chi connectivity index (χ1v) is 6.27. The number of rotatable bonds is 3. The van der Waals surface area contributed by atoms with Crippen molar-refractivity contribution in [1.29, 1.82) is 0 Å². The van der Waals surface area contributed by atoms with Crippen molar-refractivity contribution < 1.29 is 18.0 Å². The maximum atomic E-state index is 13.0. The Morgan fingerprint density at radius 2 is 1.52 bits per heavy atom. The minimum Gasteiger partial charge on any atom is -0.287 e. The van der Waals surface area contributed by atoms with E-state index in [1.807, 2.05) is 0 Å². The number of hydrogen-bond acceptors (Lipinski definition) is 2. The Hall–Kier alpha value is -2.14.